The maximum atomic E-state index is 13.5. The van der Waals surface area contributed by atoms with E-state index in [1.54, 1.807) is 26.0 Å². The predicted molar refractivity (Wildman–Crippen MR) is 103 cm³/mol. The van der Waals surface area contributed by atoms with Crippen molar-refractivity contribution in [3.8, 4) is 5.69 Å². The maximum Gasteiger partial charge on any atom is 0.416 e. The van der Waals surface area contributed by atoms with Crippen molar-refractivity contribution < 1.29 is 18.0 Å². The van der Waals surface area contributed by atoms with Gasteiger partial charge >= 0.3 is 6.18 Å². The number of nitrogens with zero attached hydrogens (tertiary/aromatic N) is 2. The van der Waals surface area contributed by atoms with Crippen LogP contribution in [0.2, 0.25) is 0 Å². The first-order chi connectivity index (χ1) is 12.7. The SMILES string of the molecule is Cc1cc(C)n(-c2ccc(CNC(=O)CC3CCCN3)c(C(F)(F)F)c2)n1.Cl. The topological polar surface area (TPSA) is 59.0 Å². The highest BCUT2D eigenvalue weighted by Crippen LogP contribution is 2.33. The second-order valence-electron chi connectivity index (χ2n) is 6.95. The minimum atomic E-state index is -4.51. The molecule has 1 aliphatic heterocycles. The number of aryl methyl sites for hydroxylation is 2. The zero-order valence-electron chi connectivity index (χ0n) is 15.8. The van der Waals surface area contributed by atoms with Crippen molar-refractivity contribution in [1.82, 2.24) is 20.4 Å². The molecule has 0 spiro atoms. The van der Waals surface area contributed by atoms with Crippen LogP contribution in [-0.2, 0) is 17.5 Å². The molecule has 5 nitrogen and oxygen atoms in total. The van der Waals surface area contributed by atoms with Crippen molar-refractivity contribution >= 4 is 18.3 Å². The number of amides is 1. The fourth-order valence-corrected chi connectivity index (χ4v) is 3.43. The Hall–Kier alpha value is -2.06. The lowest BCUT2D eigenvalue weighted by molar-refractivity contribution is -0.138. The van der Waals surface area contributed by atoms with E-state index in [2.05, 4.69) is 15.7 Å². The summed E-state index contributed by atoms with van der Waals surface area (Å²) in [7, 11) is 0. The molecule has 3 rings (SSSR count). The van der Waals surface area contributed by atoms with Gasteiger partial charge in [0.2, 0.25) is 5.91 Å². The van der Waals surface area contributed by atoms with Crippen LogP contribution in [0.3, 0.4) is 0 Å². The van der Waals surface area contributed by atoms with Crippen molar-refractivity contribution in [1.29, 1.82) is 0 Å². The van der Waals surface area contributed by atoms with E-state index in [1.165, 1.54) is 10.7 Å². The Morgan fingerprint density at radius 2 is 2.07 bits per heavy atom. The molecule has 2 heterocycles. The third-order valence-electron chi connectivity index (χ3n) is 4.72. The van der Waals surface area contributed by atoms with E-state index in [9.17, 15) is 18.0 Å². The van der Waals surface area contributed by atoms with Crippen molar-refractivity contribution in [2.45, 2.75) is 51.9 Å². The van der Waals surface area contributed by atoms with E-state index in [-0.39, 0.29) is 42.9 Å². The molecule has 1 aliphatic rings. The number of carbonyl (C=O) groups excluding carboxylic acids is 1. The number of halogens is 4. The van der Waals surface area contributed by atoms with Gasteiger partial charge in [-0.15, -0.1) is 12.4 Å². The molecule has 1 aromatic carbocycles. The molecule has 1 aromatic heterocycles. The first-order valence-electron chi connectivity index (χ1n) is 8.98. The van der Waals surface area contributed by atoms with Gasteiger partial charge in [-0.25, -0.2) is 4.68 Å². The van der Waals surface area contributed by atoms with E-state index < -0.39 is 11.7 Å². The Morgan fingerprint density at radius 1 is 1.32 bits per heavy atom. The average Bonchev–Trinajstić information content (AvgIpc) is 3.21. The summed E-state index contributed by atoms with van der Waals surface area (Å²) in [5.41, 5.74) is 1.12. The smallest absolute Gasteiger partial charge is 0.352 e. The standard InChI is InChI=1S/C19H23F3N4O.ClH/c1-12-8-13(2)26(25-12)16-6-5-14(17(10-16)19(20,21)22)11-24-18(27)9-15-4-3-7-23-15;/h5-6,8,10,15,23H,3-4,7,9,11H2,1-2H3,(H,24,27);1H. The monoisotopic (exact) mass is 416 g/mol. The highest BCUT2D eigenvalue weighted by atomic mass is 35.5. The summed E-state index contributed by atoms with van der Waals surface area (Å²) >= 11 is 0. The lowest BCUT2D eigenvalue weighted by Gasteiger charge is -2.16. The number of aromatic nitrogens is 2. The Labute approximate surface area is 168 Å². The van der Waals surface area contributed by atoms with Crippen molar-refractivity contribution in [2.24, 2.45) is 0 Å². The quantitative estimate of drug-likeness (QED) is 0.781. The van der Waals surface area contributed by atoms with Crippen LogP contribution in [0.1, 0.15) is 41.8 Å². The minimum Gasteiger partial charge on any atom is -0.352 e. The van der Waals surface area contributed by atoms with Gasteiger partial charge in [0.25, 0.3) is 0 Å². The summed E-state index contributed by atoms with van der Waals surface area (Å²) < 4.78 is 42.1. The van der Waals surface area contributed by atoms with Gasteiger partial charge < -0.3 is 10.6 Å². The van der Waals surface area contributed by atoms with Gasteiger partial charge in [-0.05, 0) is 57.0 Å². The van der Waals surface area contributed by atoms with E-state index in [1.807, 2.05) is 0 Å². The van der Waals surface area contributed by atoms with Gasteiger partial charge in [0, 0.05) is 24.7 Å². The van der Waals surface area contributed by atoms with E-state index in [0.717, 1.165) is 36.8 Å². The highest BCUT2D eigenvalue weighted by Gasteiger charge is 2.34. The molecule has 0 bridgehead atoms. The van der Waals surface area contributed by atoms with Crippen LogP contribution in [0.25, 0.3) is 5.69 Å². The van der Waals surface area contributed by atoms with Gasteiger partial charge in [-0.3, -0.25) is 4.79 Å². The highest BCUT2D eigenvalue weighted by molar-refractivity contribution is 5.85. The molecule has 0 aliphatic carbocycles. The molecular weight excluding hydrogens is 393 g/mol. The first-order valence-corrected chi connectivity index (χ1v) is 8.98. The fraction of sp³-hybridized carbons (Fsp3) is 0.474. The summed E-state index contributed by atoms with van der Waals surface area (Å²) in [5, 5.41) is 10.1. The number of nitrogens with one attached hydrogen (secondary N) is 2. The van der Waals surface area contributed by atoms with Gasteiger partial charge in [-0.1, -0.05) is 6.07 Å². The molecule has 2 aromatic rings. The van der Waals surface area contributed by atoms with Crippen LogP contribution in [-0.4, -0.2) is 28.3 Å². The third-order valence-corrected chi connectivity index (χ3v) is 4.72. The first kappa shape index (κ1) is 22.2. The van der Waals surface area contributed by atoms with Gasteiger partial charge in [0.1, 0.15) is 0 Å². The summed E-state index contributed by atoms with van der Waals surface area (Å²) in [6, 6.07) is 6.00. The normalized spacial score (nSPS) is 16.7. The van der Waals surface area contributed by atoms with Crippen LogP contribution in [0.5, 0.6) is 0 Å². The van der Waals surface area contributed by atoms with Crippen molar-refractivity contribution in [2.75, 3.05) is 6.54 Å². The molecule has 0 saturated carbocycles. The molecule has 1 saturated heterocycles. The third kappa shape index (κ3) is 5.26. The largest absolute Gasteiger partial charge is 0.416 e. The van der Waals surface area contributed by atoms with Crippen LogP contribution >= 0.6 is 12.4 Å². The predicted octanol–water partition coefficient (Wildman–Crippen LogP) is 3.69. The number of benzene rings is 1. The van der Waals surface area contributed by atoms with Crippen LogP contribution < -0.4 is 10.6 Å². The summed E-state index contributed by atoms with van der Waals surface area (Å²) in [4.78, 5) is 12.0. The molecule has 1 atom stereocenters. The number of hydrogen-bond acceptors (Lipinski definition) is 3. The average molecular weight is 417 g/mol. The zero-order chi connectivity index (χ0) is 19.6. The molecule has 9 heteroatoms. The molecule has 1 unspecified atom stereocenters. The van der Waals surface area contributed by atoms with Crippen LogP contribution in [0, 0.1) is 13.8 Å². The lowest BCUT2D eigenvalue weighted by Crippen LogP contribution is -2.32. The number of hydrogen-bond donors (Lipinski definition) is 2. The number of carbonyl (C=O) groups is 1. The van der Waals surface area contributed by atoms with Crippen molar-refractivity contribution in [3.05, 3.63) is 46.8 Å². The number of rotatable bonds is 5. The summed E-state index contributed by atoms with van der Waals surface area (Å²) in [5.74, 6) is -0.245. The lowest BCUT2D eigenvalue weighted by atomic mass is 10.1. The van der Waals surface area contributed by atoms with E-state index >= 15 is 0 Å². The summed E-state index contributed by atoms with van der Waals surface area (Å²) in [6.45, 7) is 4.30. The summed E-state index contributed by atoms with van der Waals surface area (Å²) in [6.07, 6.45) is -2.30. The Balaban J connectivity index is 0.00000280. The molecule has 1 fully saturated rings. The molecule has 154 valence electrons. The second-order valence-corrected chi connectivity index (χ2v) is 6.95. The van der Waals surface area contributed by atoms with Crippen LogP contribution in [0.15, 0.2) is 24.3 Å². The second kappa shape index (κ2) is 8.96. The van der Waals surface area contributed by atoms with Crippen molar-refractivity contribution in [3.63, 3.8) is 0 Å². The minimum absolute atomic E-state index is 0. The molecule has 28 heavy (non-hydrogen) atoms. The molecular formula is C19H24ClF3N4O. The van der Waals surface area contributed by atoms with E-state index in [0.29, 0.717) is 5.69 Å². The maximum absolute atomic E-state index is 13.5. The Morgan fingerprint density at radius 3 is 2.64 bits per heavy atom. The molecule has 2 N–H and O–H groups in total. The Bertz CT molecular complexity index is 829. The molecule has 1 amide bonds. The Kier molecular flexibility index (Phi) is 7.11. The van der Waals surface area contributed by atoms with Crippen LogP contribution in [0.4, 0.5) is 13.2 Å². The van der Waals surface area contributed by atoms with Gasteiger partial charge in [0.05, 0.1) is 16.9 Å². The van der Waals surface area contributed by atoms with E-state index in [4.69, 9.17) is 0 Å². The molecule has 0 radical (unpaired) electrons. The fourth-order valence-electron chi connectivity index (χ4n) is 3.43. The van der Waals surface area contributed by atoms with Gasteiger partial charge in [0.15, 0.2) is 0 Å². The zero-order valence-corrected chi connectivity index (χ0v) is 16.6. The van der Waals surface area contributed by atoms with Gasteiger partial charge in [-0.2, -0.15) is 18.3 Å². The number of alkyl halides is 3.